The Morgan fingerprint density at radius 3 is 2.94 bits per heavy atom. The highest BCUT2D eigenvalue weighted by molar-refractivity contribution is 5.67. The number of allylic oxidation sites excluding steroid dienone is 1. The van der Waals surface area contributed by atoms with Crippen molar-refractivity contribution < 1.29 is 4.74 Å². The van der Waals surface area contributed by atoms with Gasteiger partial charge in [0, 0.05) is 47.5 Å². The van der Waals surface area contributed by atoms with Gasteiger partial charge in [-0.3, -0.25) is 4.98 Å². The van der Waals surface area contributed by atoms with Gasteiger partial charge in [0.2, 0.25) is 0 Å². The average molecular weight is 230 g/mol. The molecule has 1 saturated heterocycles. The van der Waals surface area contributed by atoms with Gasteiger partial charge in [-0.15, -0.1) is 0 Å². The molecule has 3 rings (SSSR count). The summed E-state index contributed by atoms with van der Waals surface area (Å²) in [6.45, 7) is 7.96. The molecule has 0 atom stereocenters. The Morgan fingerprint density at radius 1 is 1.47 bits per heavy atom. The first-order valence-corrected chi connectivity index (χ1v) is 6.30. The summed E-state index contributed by atoms with van der Waals surface area (Å²) in [4.78, 5) is 4.53. The molecule has 90 valence electrons. The molecular weight excluding hydrogens is 212 g/mol. The first-order chi connectivity index (χ1) is 8.26. The van der Waals surface area contributed by atoms with Gasteiger partial charge in [-0.05, 0) is 25.3 Å². The number of pyridine rings is 1. The second-order valence-electron chi connectivity index (χ2n) is 4.87. The first kappa shape index (κ1) is 10.8. The van der Waals surface area contributed by atoms with Crippen LogP contribution in [0.25, 0.3) is 0 Å². The second kappa shape index (κ2) is 3.84. The summed E-state index contributed by atoms with van der Waals surface area (Å²) >= 11 is 0. The Kier molecular flexibility index (Phi) is 2.44. The molecule has 3 nitrogen and oxygen atoms in total. The summed E-state index contributed by atoms with van der Waals surface area (Å²) in [5.41, 5.74) is 4.82. The van der Waals surface area contributed by atoms with E-state index < -0.39 is 0 Å². The molecule has 2 aliphatic heterocycles. The number of fused-ring (bicyclic) bond motifs is 2. The third kappa shape index (κ3) is 1.49. The van der Waals surface area contributed by atoms with Gasteiger partial charge >= 0.3 is 0 Å². The molecule has 1 aromatic rings. The van der Waals surface area contributed by atoms with Gasteiger partial charge in [0.25, 0.3) is 0 Å². The molecule has 17 heavy (non-hydrogen) atoms. The van der Waals surface area contributed by atoms with Gasteiger partial charge in [0.1, 0.15) is 0 Å². The number of ether oxygens (including phenoxy) is 1. The van der Waals surface area contributed by atoms with Crippen molar-refractivity contribution in [3.8, 4) is 0 Å². The lowest BCUT2D eigenvalue weighted by Crippen LogP contribution is -2.33. The summed E-state index contributed by atoms with van der Waals surface area (Å²) < 4.78 is 5.48. The van der Waals surface area contributed by atoms with Gasteiger partial charge in [-0.25, -0.2) is 0 Å². The number of hydrogen-bond acceptors (Lipinski definition) is 3. The molecule has 0 amide bonds. The lowest BCUT2D eigenvalue weighted by molar-refractivity contribution is 0.0639. The minimum atomic E-state index is 0.0624. The molecule has 0 unspecified atom stereocenters. The maximum Gasteiger partial charge on any atom is 0.0478 e. The van der Waals surface area contributed by atoms with Crippen LogP contribution < -0.4 is 5.32 Å². The highest BCUT2D eigenvalue weighted by Crippen LogP contribution is 2.48. The Morgan fingerprint density at radius 2 is 2.24 bits per heavy atom. The maximum atomic E-state index is 5.48. The fourth-order valence-electron chi connectivity index (χ4n) is 2.91. The van der Waals surface area contributed by atoms with Crippen LogP contribution in [-0.2, 0) is 16.6 Å². The predicted octanol–water partition coefficient (Wildman–Crippen LogP) is 2.63. The molecular formula is C14H18N2O. The number of hydrogen-bond donors (Lipinski definition) is 1. The zero-order valence-corrected chi connectivity index (χ0v) is 10.3. The van der Waals surface area contributed by atoms with Crippen LogP contribution in [0.1, 0.15) is 31.0 Å². The van der Waals surface area contributed by atoms with Crippen LogP contribution in [0.3, 0.4) is 0 Å². The number of aryl methyl sites for hydroxylation is 1. The summed E-state index contributed by atoms with van der Waals surface area (Å²) in [7, 11) is 0. The van der Waals surface area contributed by atoms with Crippen molar-refractivity contribution in [1.29, 1.82) is 0 Å². The van der Waals surface area contributed by atoms with Crippen LogP contribution >= 0.6 is 0 Å². The Balaban J connectivity index is 2.07. The SMILES string of the molecule is C=C1Nc2cc(CC)ncc2C12CCOCC2. The summed E-state index contributed by atoms with van der Waals surface area (Å²) in [6.07, 6.45) is 5.03. The van der Waals surface area contributed by atoms with Crippen molar-refractivity contribution in [1.82, 2.24) is 4.98 Å². The second-order valence-corrected chi connectivity index (χ2v) is 4.87. The van der Waals surface area contributed by atoms with Crippen LogP contribution in [0.5, 0.6) is 0 Å². The van der Waals surface area contributed by atoms with E-state index in [2.05, 4.69) is 29.9 Å². The Labute approximate surface area is 102 Å². The minimum Gasteiger partial charge on any atom is -0.381 e. The zero-order chi connectivity index (χ0) is 11.9. The van der Waals surface area contributed by atoms with Gasteiger partial charge < -0.3 is 10.1 Å². The molecule has 0 aliphatic carbocycles. The molecule has 1 N–H and O–H groups in total. The van der Waals surface area contributed by atoms with Crippen molar-refractivity contribution in [3.63, 3.8) is 0 Å². The summed E-state index contributed by atoms with van der Waals surface area (Å²) in [6, 6.07) is 2.16. The van der Waals surface area contributed by atoms with Crippen molar-refractivity contribution >= 4 is 5.69 Å². The van der Waals surface area contributed by atoms with Gasteiger partial charge in [0.15, 0.2) is 0 Å². The summed E-state index contributed by atoms with van der Waals surface area (Å²) in [5.74, 6) is 0. The van der Waals surface area contributed by atoms with E-state index in [0.29, 0.717) is 0 Å². The molecule has 0 bridgehead atoms. The average Bonchev–Trinajstić information content (AvgIpc) is 2.63. The van der Waals surface area contributed by atoms with Crippen molar-refractivity contribution in [2.75, 3.05) is 18.5 Å². The van der Waals surface area contributed by atoms with E-state index in [1.54, 1.807) is 0 Å². The van der Waals surface area contributed by atoms with Crippen molar-refractivity contribution in [2.45, 2.75) is 31.6 Å². The molecule has 3 heterocycles. The highest BCUT2D eigenvalue weighted by Gasteiger charge is 2.43. The predicted molar refractivity (Wildman–Crippen MR) is 68.1 cm³/mol. The quantitative estimate of drug-likeness (QED) is 0.805. The fourth-order valence-corrected chi connectivity index (χ4v) is 2.91. The van der Waals surface area contributed by atoms with E-state index in [9.17, 15) is 0 Å². The maximum absolute atomic E-state index is 5.48. The third-order valence-corrected chi connectivity index (χ3v) is 4.05. The van der Waals surface area contributed by atoms with Crippen LogP contribution in [-0.4, -0.2) is 18.2 Å². The van der Waals surface area contributed by atoms with Crippen molar-refractivity contribution in [2.24, 2.45) is 0 Å². The topological polar surface area (TPSA) is 34.2 Å². The highest BCUT2D eigenvalue weighted by atomic mass is 16.5. The number of nitrogens with one attached hydrogen (secondary N) is 1. The molecule has 3 heteroatoms. The Hall–Kier alpha value is -1.35. The molecule has 1 spiro atoms. The first-order valence-electron chi connectivity index (χ1n) is 6.30. The van der Waals surface area contributed by atoms with Gasteiger partial charge in [-0.1, -0.05) is 13.5 Å². The monoisotopic (exact) mass is 230 g/mol. The molecule has 2 aliphatic rings. The zero-order valence-electron chi connectivity index (χ0n) is 10.3. The number of nitrogens with zero attached hydrogens (tertiary/aromatic N) is 1. The lowest BCUT2D eigenvalue weighted by Gasteiger charge is -2.34. The van der Waals surface area contributed by atoms with Crippen LogP contribution in [0.4, 0.5) is 5.69 Å². The number of rotatable bonds is 1. The van der Waals surface area contributed by atoms with E-state index in [0.717, 1.165) is 43.9 Å². The van der Waals surface area contributed by atoms with Gasteiger partial charge in [-0.2, -0.15) is 0 Å². The number of anilines is 1. The van der Waals surface area contributed by atoms with Gasteiger partial charge in [0.05, 0.1) is 0 Å². The van der Waals surface area contributed by atoms with Crippen LogP contribution in [0.2, 0.25) is 0 Å². The molecule has 1 fully saturated rings. The van der Waals surface area contributed by atoms with E-state index >= 15 is 0 Å². The normalized spacial score (nSPS) is 21.4. The fraction of sp³-hybridized carbons (Fsp3) is 0.500. The van der Waals surface area contributed by atoms with E-state index in [1.807, 2.05) is 6.20 Å². The lowest BCUT2D eigenvalue weighted by atomic mass is 9.74. The minimum absolute atomic E-state index is 0.0624. The van der Waals surface area contributed by atoms with E-state index in [4.69, 9.17) is 4.74 Å². The van der Waals surface area contributed by atoms with Crippen molar-refractivity contribution in [3.05, 3.63) is 35.8 Å². The molecule has 0 radical (unpaired) electrons. The molecule has 0 aromatic carbocycles. The molecule has 1 aromatic heterocycles. The van der Waals surface area contributed by atoms with Crippen LogP contribution in [0, 0.1) is 0 Å². The van der Waals surface area contributed by atoms with E-state index in [-0.39, 0.29) is 5.41 Å². The van der Waals surface area contributed by atoms with E-state index in [1.165, 1.54) is 11.3 Å². The Bertz CT molecular complexity index is 461. The smallest absolute Gasteiger partial charge is 0.0478 e. The largest absolute Gasteiger partial charge is 0.381 e. The molecule has 0 saturated carbocycles. The third-order valence-electron chi connectivity index (χ3n) is 4.05. The summed E-state index contributed by atoms with van der Waals surface area (Å²) in [5, 5.41) is 3.44. The number of aromatic nitrogens is 1. The standard InChI is InChI=1S/C14H18N2O/c1-3-11-8-13-12(9-15-11)14(10(2)16-13)4-6-17-7-5-14/h8-9,16H,2-7H2,1H3. The van der Waals surface area contributed by atoms with Crippen LogP contribution in [0.15, 0.2) is 24.5 Å².